The Morgan fingerprint density at radius 3 is 2.60 bits per heavy atom. The van der Waals surface area contributed by atoms with Gasteiger partial charge in [0.2, 0.25) is 0 Å². The number of nitrogens with one attached hydrogen (secondary N) is 3. The van der Waals surface area contributed by atoms with Gasteiger partial charge in [0.05, 0.1) is 17.1 Å². The molecule has 0 saturated heterocycles. The van der Waals surface area contributed by atoms with Gasteiger partial charge in [0.1, 0.15) is 11.4 Å². The summed E-state index contributed by atoms with van der Waals surface area (Å²) in [6.45, 7) is 3.84. The fraction of sp³-hybridized carbons (Fsp3) is 0.333. The van der Waals surface area contributed by atoms with E-state index in [2.05, 4.69) is 21.3 Å². The van der Waals surface area contributed by atoms with Gasteiger partial charge in [-0.2, -0.15) is 0 Å². The first-order chi connectivity index (χ1) is 7.07. The van der Waals surface area contributed by atoms with E-state index in [9.17, 15) is 4.91 Å². The normalized spacial score (nSPS) is 16.2. The monoisotopic (exact) mass is 208 g/mol. The second-order valence-corrected chi connectivity index (χ2v) is 3.96. The van der Waals surface area contributed by atoms with Crippen molar-refractivity contribution in [3.63, 3.8) is 0 Å². The van der Waals surface area contributed by atoms with Gasteiger partial charge in [0.25, 0.3) is 0 Å². The molecular formula is C9H12N4O2. The highest BCUT2D eigenvalue weighted by Gasteiger charge is 2.30. The molecule has 4 N–H and O–H groups in total. The van der Waals surface area contributed by atoms with E-state index < -0.39 is 0 Å². The van der Waals surface area contributed by atoms with Crippen molar-refractivity contribution in [2.24, 2.45) is 5.18 Å². The highest BCUT2D eigenvalue weighted by atomic mass is 16.5. The molecule has 0 spiro atoms. The van der Waals surface area contributed by atoms with Crippen molar-refractivity contribution < 1.29 is 5.21 Å². The minimum absolute atomic E-state index is 0.321. The van der Waals surface area contributed by atoms with Crippen molar-refractivity contribution in [3.8, 4) is 0 Å². The maximum atomic E-state index is 10.6. The van der Waals surface area contributed by atoms with Gasteiger partial charge in [-0.25, -0.2) is 0 Å². The standard InChI is InChI=1S/C9H12N4O2/c1-9(2)10-7-5(12-14)3-4-6(13-15)8(7)11-9/h3-4,10-12,14H,1-2H3. The Balaban J connectivity index is 2.57. The molecule has 0 fully saturated rings. The Labute approximate surface area is 86.6 Å². The van der Waals surface area contributed by atoms with Crippen LogP contribution in [0.1, 0.15) is 13.8 Å². The quantitative estimate of drug-likeness (QED) is 0.443. The third kappa shape index (κ3) is 1.48. The first-order valence-electron chi connectivity index (χ1n) is 4.54. The van der Waals surface area contributed by atoms with Gasteiger partial charge in [-0.05, 0) is 31.2 Å². The molecule has 6 heteroatoms. The van der Waals surface area contributed by atoms with E-state index in [0.717, 1.165) is 0 Å². The number of nitrogens with zero attached hydrogens (tertiary/aromatic N) is 1. The molecule has 1 aliphatic heterocycles. The zero-order valence-corrected chi connectivity index (χ0v) is 8.46. The van der Waals surface area contributed by atoms with Gasteiger partial charge >= 0.3 is 0 Å². The lowest BCUT2D eigenvalue weighted by molar-refractivity contribution is 0.389. The summed E-state index contributed by atoms with van der Waals surface area (Å²) in [5.41, 5.74) is 3.79. The van der Waals surface area contributed by atoms with Crippen LogP contribution in [-0.4, -0.2) is 10.9 Å². The molecule has 0 unspecified atom stereocenters. The molecule has 0 aromatic heterocycles. The van der Waals surface area contributed by atoms with Gasteiger partial charge in [-0.15, -0.1) is 4.91 Å². The minimum atomic E-state index is -0.366. The highest BCUT2D eigenvalue weighted by Crippen LogP contribution is 2.45. The molecule has 1 heterocycles. The molecule has 0 radical (unpaired) electrons. The Kier molecular flexibility index (Phi) is 2.01. The maximum absolute atomic E-state index is 10.6. The fourth-order valence-electron chi connectivity index (χ4n) is 1.67. The summed E-state index contributed by atoms with van der Waals surface area (Å²) < 4.78 is 0. The van der Waals surface area contributed by atoms with E-state index in [1.54, 1.807) is 12.1 Å². The SMILES string of the molecule is CC1(C)Nc2c(N=O)ccc(NO)c2N1. The molecule has 1 aromatic carbocycles. The molecular weight excluding hydrogens is 196 g/mol. The highest BCUT2D eigenvalue weighted by molar-refractivity contribution is 5.93. The van der Waals surface area contributed by atoms with E-state index >= 15 is 0 Å². The van der Waals surface area contributed by atoms with Crippen molar-refractivity contribution >= 4 is 22.7 Å². The van der Waals surface area contributed by atoms with Crippen LogP contribution in [0, 0.1) is 4.91 Å². The van der Waals surface area contributed by atoms with Crippen molar-refractivity contribution in [1.29, 1.82) is 0 Å². The van der Waals surface area contributed by atoms with Crippen molar-refractivity contribution in [2.75, 3.05) is 16.1 Å². The van der Waals surface area contributed by atoms with Gasteiger partial charge < -0.3 is 10.6 Å². The lowest BCUT2D eigenvalue weighted by atomic mass is 10.2. The van der Waals surface area contributed by atoms with E-state index in [4.69, 9.17) is 5.21 Å². The lowest BCUT2D eigenvalue weighted by Gasteiger charge is -2.19. The second kappa shape index (κ2) is 3.09. The topological polar surface area (TPSA) is 85.8 Å². The average Bonchev–Trinajstić information content (AvgIpc) is 2.51. The van der Waals surface area contributed by atoms with Crippen LogP contribution in [0.4, 0.5) is 22.7 Å². The van der Waals surface area contributed by atoms with Crippen molar-refractivity contribution in [3.05, 3.63) is 17.0 Å². The van der Waals surface area contributed by atoms with Crippen molar-refractivity contribution in [2.45, 2.75) is 19.5 Å². The molecule has 0 atom stereocenters. The number of anilines is 3. The Morgan fingerprint density at radius 1 is 1.33 bits per heavy atom. The number of rotatable bonds is 2. The van der Waals surface area contributed by atoms with E-state index in [1.807, 2.05) is 13.8 Å². The summed E-state index contributed by atoms with van der Waals surface area (Å²) in [6, 6.07) is 3.13. The molecule has 15 heavy (non-hydrogen) atoms. The predicted molar refractivity (Wildman–Crippen MR) is 58.6 cm³/mol. The zero-order chi connectivity index (χ0) is 11.1. The van der Waals surface area contributed by atoms with Gasteiger partial charge in [0, 0.05) is 0 Å². The first-order valence-corrected chi connectivity index (χ1v) is 4.54. The molecule has 6 nitrogen and oxygen atoms in total. The van der Waals surface area contributed by atoms with Crippen LogP contribution < -0.4 is 16.1 Å². The molecule has 0 bridgehead atoms. The second-order valence-electron chi connectivity index (χ2n) is 3.96. The van der Waals surface area contributed by atoms with Crippen LogP contribution in [0.15, 0.2) is 17.3 Å². The number of benzene rings is 1. The predicted octanol–water partition coefficient (Wildman–Crippen LogP) is 2.46. The first kappa shape index (κ1) is 9.72. The molecule has 0 saturated carbocycles. The third-order valence-electron chi connectivity index (χ3n) is 2.28. The molecule has 80 valence electrons. The van der Waals surface area contributed by atoms with Crippen LogP contribution in [0.3, 0.4) is 0 Å². The minimum Gasteiger partial charge on any atom is -0.360 e. The summed E-state index contributed by atoms with van der Waals surface area (Å²) >= 11 is 0. The molecule has 1 aliphatic rings. The Morgan fingerprint density at radius 2 is 2.00 bits per heavy atom. The maximum Gasteiger partial charge on any atom is 0.133 e. The van der Waals surface area contributed by atoms with Crippen LogP contribution in [0.5, 0.6) is 0 Å². The Hall–Kier alpha value is -1.82. The lowest BCUT2D eigenvalue weighted by Crippen LogP contribution is -2.33. The molecule has 0 amide bonds. The number of hydrogen-bond acceptors (Lipinski definition) is 6. The molecule has 2 rings (SSSR count). The van der Waals surface area contributed by atoms with Gasteiger partial charge in [-0.1, -0.05) is 0 Å². The summed E-state index contributed by atoms with van der Waals surface area (Å²) in [5.74, 6) is 0. The molecule has 0 aliphatic carbocycles. The average molecular weight is 208 g/mol. The van der Waals surface area contributed by atoms with Gasteiger partial charge in [0.15, 0.2) is 0 Å². The number of hydrogen-bond donors (Lipinski definition) is 4. The fourth-order valence-corrected chi connectivity index (χ4v) is 1.67. The van der Waals surface area contributed by atoms with E-state index in [0.29, 0.717) is 22.7 Å². The Bertz CT molecular complexity index is 417. The number of fused-ring (bicyclic) bond motifs is 1. The summed E-state index contributed by atoms with van der Waals surface area (Å²) in [7, 11) is 0. The number of nitroso groups, excluding NO2 is 1. The van der Waals surface area contributed by atoms with Crippen LogP contribution >= 0.6 is 0 Å². The van der Waals surface area contributed by atoms with Crippen LogP contribution in [0.2, 0.25) is 0 Å². The summed E-state index contributed by atoms with van der Waals surface area (Å²) in [4.78, 5) is 10.6. The van der Waals surface area contributed by atoms with Crippen LogP contribution in [-0.2, 0) is 0 Å². The smallest absolute Gasteiger partial charge is 0.133 e. The van der Waals surface area contributed by atoms with Gasteiger partial charge in [-0.3, -0.25) is 10.7 Å². The molecule has 1 aromatic rings. The largest absolute Gasteiger partial charge is 0.360 e. The van der Waals surface area contributed by atoms with E-state index in [-0.39, 0.29) is 5.66 Å². The zero-order valence-electron chi connectivity index (χ0n) is 8.46. The summed E-state index contributed by atoms with van der Waals surface area (Å²) in [5, 5.41) is 18.1. The van der Waals surface area contributed by atoms with Crippen LogP contribution in [0.25, 0.3) is 0 Å². The third-order valence-corrected chi connectivity index (χ3v) is 2.28. The summed E-state index contributed by atoms with van der Waals surface area (Å²) in [6.07, 6.45) is 0. The van der Waals surface area contributed by atoms with Crippen molar-refractivity contribution in [1.82, 2.24) is 0 Å². The van der Waals surface area contributed by atoms with E-state index in [1.165, 1.54) is 0 Å².